The second-order valence-corrected chi connectivity index (χ2v) is 6.31. The number of aromatic nitrogens is 2. The number of fused-ring (bicyclic) bond motifs is 1. The van der Waals surface area contributed by atoms with Gasteiger partial charge in [-0.3, -0.25) is 0 Å². The largest absolute Gasteiger partial charge is 0.497 e. The first kappa shape index (κ1) is 13.6. The molecule has 0 aromatic carbocycles. The normalized spacial score (nSPS) is 20.8. The summed E-state index contributed by atoms with van der Waals surface area (Å²) < 4.78 is 27.4. The van der Waals surface area contributed by atoms with Gasteiger partial charge in [-0.25, -0.2) is 9.37 Å². The molecular formula is C14H18BFN2O2. The molecular weight excluding hydrogens is 258 g/mol. The zero-order valence-electron chi connectivity index (χ0n) is 12.4. The molecule has 0 atom stereocenters. The van der Waals surface area contributed by atoms with Gasteiger partial charge in [0.05, 0.1) is 17.4 Å². The average Bonchev–Trinajstić information content (AvgIpc) is 2.74. The summed E-state index contributed by atoms with van der Waals surface area (Å²) >= 11 is 0. The van der Waals surface area contributed by atoms with Crippen molar-refractivity contribution in [2.75, 3.05) is 0 Å². The summed E-state index contributed by atoms with van der Waals surface area (Å²) in [5.41, 5.74) is 0.700. The Kier molecular flexibility index (Phi) is 2.75. The van der Waals surface area contributed by atoms with Crippen molar-refractivity contribution >= 4 is 23.6 Å². The molecule has 3 heterocycles. The van der Waals surface area contributed by atoms with Crippen LogP contribution in [-0.2, 0) is 16.4 Å². The standard InChI is InChI=1S/C14H18BFN2O2/c1-13(2)14(3,4)20-15(19-13)11-8-18(5)12-10(11)6-9(16)7-17-12/h6-8H,1-5H3. The first-order chi connectivity index (χ1) is 9.21. The Bertz CT molecular complexity index is 665. The van der Waals surface area contributed by atoms with Crippen LogP contribution >= 0.6 is 0 Å². The van der Waals surface area contributed by atoms with Crippen LogP contribution in [0.5, 0.6) is 0 Å². The number of pyridine rings is 1. The second kappa shape index (κ2) is 4.05. The van der Waals surface area contributed by atoms with Gasteiger partial charge in [0.1, 0.15) is 11.5 Å². The van der Waals surface area contributed by atoms with E-state index < -0.39 is 18.3 Å². The number of hydrogen-bond donors (Lipinski definition) is 0. The lowest BCUT2D eigenvalue weighted by molar-refractivity contribution is 0.00578. The number of halogens is 1. The maximum absolute atomic E-state index is 13.5. The Morgan fingerprint density at radius 1 is 1.20 bits per heavy atom. The van der Waals surface area contributed by atoms with Crippen molar-refractivity contribution in [3.8, 4) is 0 Å². The molecule has 1 saturated heterocycles. The van der Waals surface area contributed by atoms with Crippen LogP contribution in [0.25, 0.3) is 11.0 Å². The van der Waals surface area contributed by atoms with E-state index in [-0.39, 0.29) is 5.82 Å². The third-order valence-corrected chi connectivity index (χ3v) is 4.32. The van der Waals surface area contributed by atoms with Crippen molar-refractivity contribution in [2.45, 2.75) is 38.9 Å². The lowest BCUT2D eigenvalue weighted by atomic mass is 9.79. The van der Waals surface area contributed by atoms with Crippen LogP contribution in [0.15, 0.2) is 18.5 Å². The highest BCUT2D eigenvalue weighted by Gasteiger charge is 2.52. The van der Waals surface area contributed by atoms with Gasteiger partial charge >= 0.3 is 7.12 Å². The minimum atomic E-state index is -0.507. The number of hydrogen-bond acceptors (Lipinski definition) is 3. The van der Waals surface area contributed by atoms with E-state index >= 15 is 0 Å². The van der Waals surface area contributed by atoms with Gasteiger partial charge in [-0.2, -0.15) is 0 Å². The van der Waals surface area contributed by atoms with E-state index in [1.807, 2.05) is 45.5 Å². The number of aryl methyl sites for hydroxylation is 1. The van der Waals surface area contributed by atoms with Crippen molar-refractivity contribution in [3.63, 3.8) is 0 Å². The average molecular weight is 276 g/mol. The van der Waals surface area contributed by atoms with Crippen LogP contribution in [-0.4, -0.2) is 27.9 Å². The monoisotopic (exact) mass is 276 g/mol. The molecule has 1 fully saturated rings. The zero-order chi connectivity index (χ0) is 14.7. The molecule has 106 valence electrons. The van der Waals surface area contributed by atoms with Gasteiger partial charge in [0.15, 0.2) is 0 Å². The van der Waals surface area contributed by atoms with E-state index in [4.69, 9.17) is 9.31 Å². The highest BCUT2D eigenvalue weighted by molar-refractivity contribution is 6.65. The molecule has 0 spiro atoms. The maximum atomic E-state index is 13.5. The molecule has 0 amide bonds. The highest BCUT2D eigenvalue weighted by atomic mass is 19.1. The molecule has 0 unspecified atom stereocenters. The van der Waals surface area contributed by atoms with Crippen LogP contribution in [0.4, 0.5) is 4.39 Å². The van der Waals surface area contributed by atoms with E-state index in [1.165, 1.54) is 12.3 Å². The van der Waals surface area contributed by atoms with E-state index in [1.54, 1.807) is 0 Å². The first-order valence-electron chi connectivity index (χ1n) is 6.67. The second-order valence-electron chi connectivity index (χ2n) is 6.31. The molecule has 20 heavy (non-hydrogen) atoms. The SMILES string of the molecule is Cn1cc(B2OC(C)(C)C(C)(C)O2)c2cc(F)cnc21. The van der Waals surface area contributed by atoms with Crippen LogP contribution in [0.1, 0.15) is 27.7 Å². The Balaban J connectivity index is 2.10. The predicted molar refractivity (Wildman–Crippen MR) is 76.4 cm³/mol. The first-order valence-corrected chi connectivity index (χ1v) is 6.67. The van der Waals surface area contributed by atoms with Crippen molar-refractivity contribution in [1.82, 2.24) is 9.55 Å². The molecule has 0 N–H and O–H groups in total. The molecule has 1 aliphatic heterocycles. The van der Waals surface area contributed by atoms with E-state index in [0.29, 0.717) is 0 Å². The topological polar surface area (TPSA) is 36.3 Å². The van der Waals surface area contributed by atoms with E-state index in [9.17, 15) is 4.39 Å². The van der Waals surface area contributed by atoms with Gasteiger partial charge < -0.3 is 13.9 Å². The summed E-state index contributed by atoms with van der Waals surface area (Å²) in [7, 11) is 1.37. The maximum Gasteiger partial charge on any atom is 0.497 e. The fourth-order valence-corrected chi connectivity index (χ4v) is 2.42. The smallest absolute Gasteiger partial charge is 0.399 e. The van der Waals surface area contributed by atoms with Crippen LogP contribution in [0.2, 0.25) is 0 Å². The predicted octanol–water partition coefficient (Wildman–Crippen LogP) is 2.01. The lowest BCUT2D eigenvalue weighted by Crippen LogP contribution is -2.41. The zero-order valence-corrected chi connectivity index (χ0v) is 12.4. The van der Waals surface area contributed by atoms with Gasteiger partial charge in [0.2, 0.25) is 0 Å². The minimum Gasteiger partial charge on any atom is -0.399 e. The summed E-state index contributed by atoms with van der Waals surface area (Å²) in [6.07, 6.45) is 3.11. The fourth-order valence-electron chi connectivity index (χ4n) is 2.42. The number of rotatable bonds is 1. The van der Waals surface area contributed by atoms with Crippen molar-refractivity contribution in [2.24, 2.45) is 7.05 Å². The van der Waals surface area contributed by atoms with Gasteiger partial charge in [0.25, 0.3) is 0 Å². The van der Waals surface area contributed by atoms with Gasteiger partial charge in [-0.15, -0.1) is 0 Å². The van der Waals surface area contributed by atoms with Crippen LogP contribution in [0.3, 0.4) is 0 Å². The fraction of sp³-hybridized carbons (Fsp3) is 0.500. The molecule has 0 bridgehead atoms. The van der Waals surface area contributed by atoms with E-state index in [2.05, 4.69) is 4.98 Å². The molecule has 6 heteroatoms. The quantitative estimate of drug-likeness (QED) is 0.747. The Morgan fingerprint density at radius 2 is 1.80 bits per heavy atom. The Labute approximate surface area is 118 Å². The number of nitrogens with zero attached hydrogens (tertiary/aromatic N) is 2. The van der Waals surface area contributed by atoms with Gasteiger partial charge in [0, 0.05) is 24.1 Å². The molecule has 1 aliphatic rings. The Hall–Kier alpha value is -1.40. The van der Waals surface area contributed by atoms with Crippen LogP contribution < -0.4 is 5.46 Å². The summed E-state index contributed by atoms with van der Waals surface area (Å²) in [6, 6.07) is 1.47. The van der Waals surface area contributed by atoms with Crippen molar-refractivity contribution in [3.05, 3.63) is 24.3 Å². The summed E-state index contributed by atoms with van der Waals surface area (Å²) in [5.74, 6) is -0.360. The van der Waals surface area contributed by atoms with E-state index in [0.717, 1.165) is 16.5 Å². The molecule has 3 rings (SSSR count). The third-order valence-electron chi connectivity index (χ3n) is 4.32. The Morgan fingerprint density at radius 3 is 2.40 bits per heavy atom. The molecule has 2 aromatic heterocycles. The molecule has 0 aliphatic carbocycles. The summed E-state index contributed by atoms with van der Waals surface area (Å²) in [5, 5.41) is 0.728. The minimum absolute atomic E-state index is 0.360. The van der Waals surface area contributed by atoms with Crippen LogP contribution in [0, 0.1) is 5.82 Å². The van der Waals surface area contributed by atoms with Crippen molar-refractivity contribution in [1.29, 1.82) is 0 Å². The molecule has 0 saturated carbocycles. The lowest BCUT2D eigenvalue weighted by Gasteiger charge is -2.32. The molecule has 2 aromatic rings. The molecule has 4 nitrogen and oxygen atoms in total. The third kappa shape index (κ3) is 1.86. The van der Waals surface area contributed by atoms with Gasteiger partial charge in [-0.1, -0.05) is 0 Å². The highest BCUT2D eigenvalue weighted by Crippen LogP contribution is 2.37. The van der Waals surface area contributed by atoms with Gasteiger partial charge in [-0.05, 0) is 33.8 Å². The summed E-state index contributed by atoms with van der Waals surface area (Å²) in [6.45, 7) is 7.99. The molecule has 0 radical (unpaired) electrons. The summed E-state index contributed by atoms with van der Waals surface area (Å²) in [4.78, 5) is 4.12. The van der Waals surface area contributed by atoms with Crippen molar-refractivity contribution < 1.29 is 13.7 Å².